The lowest BCUT2D eigenvalue weighted by atomic mass is 9.82. The zero-order valence-corrected chi connectivity index (χ0v) is 11.2. The van der Waals surface area contributed by atoms with Crippen LogP contribution in [0.15, 0.2) is 0 Å². The van der Waals surface area contributed by atoms with Gasteiger partial charge in [0.2, 0.25) is 5.91 Å². The van der Waals surface area contributed by atoms with Gasteiger partial charge in [0.15, 0.2) is 0 Å². The molecule has 1 fully saturated rings. The number of aliphatic carboxylic acids is 1. The summed E-state index contributed by atoms with van der Waals surface area (Å²) in [5.41, 5.74) is -0.977. The lowest BCUT2D eigenvalue weighted by molar-refractivity contribution is -0.164. The number of nitrogens with zero attached hydrogens (tertiary/aromatic N) is 1. The zero-order valence-electron chi connectivity index (χ0n) is 11.2. The second-order valence-electron chi connectivity index (χ2n) is 5.21. The van der Waals surface area contributed by atoms with Gasteiger partial charge in [-0.3, -0.25) is 4.79 Å². The maximum atomic E-state index is 11.8. The summed E-state index contributed by atoms with van der Waals surface area (Å²) in [6, 6.07) is -0.0734. The van der Waals surface area contributed by atoms with Crippen molar-refractivity contribution in [1.82, 2.24) is 4.90 Å². The molecule has 0 aromatic rings. The smallest absolute Gasteiger partial charge is 0.329 e. The third-order valence-corrected chi connectivity index (χ3v) is 3.93. The van der Waals surface area contributed by atoms with Crippen LogP contribution in [-0.4, -0.2) is 33.5 Å². The number of rotatable bonds is 4. The second kappa shape index (κ2) is 5.07. The van der Waals surface area contributed by atoms with E-state index in [0.717, 1.165) is 19.3 Å². The van der Waals surface area contributed by atoms with Gasteiger partial charge in [0.05, 0.1) is 0 Å². The van der Waals surface area contributed by atoms with E-state index in [-0.39, 0.29) is 17.9 Å². The van der Waals surface area contributed by atoms with Gasteiger partial charge in [0.1, 0.15) is 5.54 Å². The van der Waals surface area contributed by atoms with Crippen LogP contribution in [-0.2, 0) is 9.59 Å². The van der Waals surface area contributed by atoms with Crippen LogP contribution in [0.3, 0.4) is 0 Å². The van der Waals surface area contributed by atoms with Crippen LogP contribution >= 0.6 is 0 Å². The zero-order chi connectivity index (χ0) is 13.2. The van der Waals surface area contributed by atoms with Crippen LogP contribution in [0.1, 0.15) is 53.4 Å². The molecule has 98 valence electrons. The number of amides is 1. The molecule has 1 saturated carbocycles. The summed E-state index contributed by atoms with van der Waals surface area (Å²) in [5.74, 6) is -0.903. The maximum Gasteiger partial charge on any atom is 0.329 e. The molecule has 2 unspecified atom stereocenters. The number of carbonyl (C=O) groups is 2. The Hall–Kier alpha value is -1.06. The first kappa shape index (κ1) is 14.0. The van der Waals surface area contributed by atoms with Crippen LogP contribution in [0, 0.1) is 5.92 Å². The van der Waals surface area contributed by atoms with Crippen LogP contribution in [0.25, 0.3) is 0 Å². The Bertz CT molecular complexity index is 314. The van der Waals surface area contributed by atoms with E-state index >= 15 is 0 Å². The lowest BCUT2D eigenvalue weighted by Crippen LogP contribution is -2.61. The third kappa shape index (κ3) is 2.17. The van der Waals surface area contributed by atoms with Gasteiger partial charge in [-0.15, -0.1) is 0 Å². The topological polar surface area (TPSA) is 57.6 Å². The molecule has 1 N–H and O–H groups in total. The molecule has 2 atom stereocenters. The van der Waals surface area contributed by atoms with Gasteiger partial charge in [-0.2, -0.15) is 0 Å². The Balaban J connectivity index is 3.22. The summed E-state index contributed by atoms with van der Waals surface area (Å²) in [6.45, 7) is 7.25. The summed E-state index contributed by atoms with van der Waals surface area (Å²) in [7, 11) is 0. The molecule has 4 nitrogen and oxygen atoms in total. The van der Waals surface area contributed by atoms with Crippen molar-refractivity contribution < 1.29 is 14.7 Å². The van der Waals surface area contributed by atoms with E-state index < -0.39 is 11.5 Å². The van der Waals surface area contributed by atoms with E-state index in [9.17, 15) is 14.7 Å². The first-order chi connectivity index (χ1) is 7.87. The largest absolute Gasteiger partial charge is 0.479 e. The first-order valence-electron chi connectivity index (χ1n) is 6.41. The highest BCUT2D eigenvalue weighted by Gasteiger charge is 2.54. The van der Waals surface area contributed by atoms with E-state index in [2.05, 4.69) is 0 Å². The van der Waals surface area contributed by atoms with Gasteiger partial charge in [-0.05, 0) is 32.6 Å². The van der Waals surface area contributed by atoms with E-state index in [1.165, 1.54) is 6.92 Å². The highest BCUT2D eigenvalue weighted by molar-refractivity contribution is 5.87. The highest BCUT2D eigenvalue weighted by atomic mass is 16.4. The predicted octanol–water partition coefficient (Wildman–Crippen LogP) is 2.28. The van der Waals surface area contributed by atoms with Crippen LogP contribution in [0.2, 0.25) is 0 Å². The molecule has 0 heterocycles. The Kier molecular flexibility index (Phi) is 4.17. The second-order valence-corrected chi connectivity index (χ2v) is 5.21. The summed E-state index contributed by atoms with van der Waals surface area (Å²) in [4.78, 5) is 25.1. The fourth-order valence-electron chi connectivity index (χ4n) is 3.41. The Morgan fingerprint density at radius 3 is 2.41 bits per heavy atom. The molecule has 0 aromatic heterocycles. The van der Waals surface area contributed by atoms with Crippen molar-refractivity contribution in [2.24, 2.45) is 5.92 Å². The van der Waals surface area contributed by atoms with E-state index in [1.807, 2.05) is 20.8 Å². The van der Waals surface area contributed by atoms with Gasteiger partial charge >= 0.3 is 5.97 Å². The molecule has 0 bridgehead atoms. The molecule has 0 saturated heterocycles. The van der Waals surface area contributed by atoms with Crippen LogP contribution in [0.4, 0.5) is 0 Å². The SMILES string of the molecule is CCC1CCCC1(C(=O)O)N(C(C)=O)C(C)C. The predicted molar refractivity (Wildman–Crippen MR) is 65.7 cm³/mol. The molecule has 0 spiro atoms. The van der Waals surface area contributed by atoms with Crippen molar-refractivity contribution in [3.8, 4) is 0 Å². The number of hydrogen-bond acceptors (Lipinski definition) is 2. The van der Waals surface area contributed by atoms with Gasteiger partial charge in [0.25, 0.3) is 0 Å². The van der Waals surface area contributed by atoms with E-state index in [0.29, 0.717) is 6.42 Å². The third-order valence-electron chi connectivity index (χ3n) is 3.93. The average Bonchev–Trinajstić information content (AvgIpc) is 2.61. The van der Waals surface area contributed by atoms with Crippen LogP contribution < -0.4 is 0 Å². The summed E-state index contributed by atoms with van der Waals surface area (Å²) >= 11 is 0. The lowest BCUT2D eigenvalue weighted by Gasteiger charge is -2.44. The van der Waals surface area contributed by atoms with E-state index in [4.69, 9.17) is 0 Å². The van der Waals surface area contributed by atoms with Crippen molar-refractivity contribution in [2.75, 3.05) is 0 Å². The molecule has 0 radical (unpaired) electrons. The van der Waals surface area contributed by atoms with Crippen molar-refractivity contribution in [3.63, 3.8) is 0 Å². The normalized spacial score (nSPS) is 28.4. The minimum absolute atomic E-state index is 0.0734. The molecule has 17 heavy (non-hydrogen) atoms. The monoisotopic (exact) mass is 241 g/mol. The average molecular weight is 241 g/mol. The van der Waals surface area contributed by atoms with Crippen LogP contribution in [0.5, 0.6) is 0 Å². The number of hydrogen-bond donors (Lipinski definition) is 1. The summed E-state index contributed by atoms with van der Waals surface area (Å²) in [5, 5.41) is 9.64. The fraction of sp³-hybridized carbons (Fsp3) is 0.846. The van der Waals surface area contributed by atoms with Crippen molar-refractivity contribution in [3.05, 3.63) is 0 Å². The van der Waals surface area contributed by atoms with Crippen molar-refractivity contribution in [2.45, 2.75) is 65.0 Å². The maximum absolute atomic E-state index is 11.8. The number of carbonyl (C=O) groups excluding carboxylic acids is 1. The molecule has 1 aliphatic carbocycles. The van der Waals surface area contributed by atoms with Gasteiger partial charge in [0, 0.05) is 13.0 Å². The molecule has 0 aliphatic heterocycles. The van der Waals surface area contributed by atoms with Gasteiger partial charge in [-0.25, -0.2) is 4.79 Å². The van der Waals surface area contributed by atoms with Gasteiger partial charge < -0.3 is 10.0 Å². The highest BCUT2D eigenvalue weighted by Crippen LogP contribution is 2.43. The molecule has 1 rings (SSSR count). The van der Waals surface area contributed by atoms with Gasteiger partial charge in [-0.1, -0.05) is 19.8 Å². The molecule has 4 heteroatoms. The molecular weight excluding hydrogens is 218 g/mol. The van der Waals surface area contributed by atoms with E-state index in [1.54, 1.807) is 4.90 Å². The molecule has 0 aromatic carbocycles. The Morgan fingerprint density at radius 1 is 1.47 bits per heavy atom. The van der Waals surface area contributed by atoms with Crippen molar-refractivity contribution >= 4 is 11.9 Å². The molecule has 1 amide bonds. The minimum atomic E-state index is -0.977. The minimum Gasteiger partial charge on any atom is -0.479 e. The summed E-state index contributed by atoms with van der Waals surface area (Å²) in [6.07, 6.45) is 3.18. The number of carboxylic acid groups (broad SMARTS) is 1. The summed E-state index contributed by atoms with van der Waals surface area (Å²) < 4.78 is 0. The Labute approximate surface area is 103 Å². The molecule has 1 aliphatic rings. The molecular formula is C13H23NO3. The quantitative estimate of drug-likeness (QED) is 0.821. The number of carboxylic acids is 1. The fourth-order valence-corrected chi connectivity index (χ4v) is 3.41. The standard InChI is InChI=1S/C13H23NO3/c1-5-11-7-6-8-13(11,12(16)17)14(9(2)3)10(4)15/h9,11H,5-8H2,1-4H3,(H,16,17). The first-order valence-corrected chi connectivity index (χ1v) is 6.41. The van der Waals surface area contributed by atoms with Crippen molar-refractivity contribution in [1.29, 1.82) is 0 Å². The Morgan fingerprint density at radius 2 is 2.06 bits per heavy atom.